The lowest BCUT2D eigenvalue weighted by Gasteiger charge is -2.14. The van der Waals surface area contributed by atoms with E-state index in [2.05, 4.69) is 0 Å². The highest BCUT2D eigenvalue weighted by atomic mass is 31.2. The van der Waals surface area contributed by atoms with E-state index >= 15 is 0 Å². The van der Waals surface area contributed by atoms with E-state index in [1.807, 2.05) is 0 Å². The normalized spacial score (nSPS) is 13.9. The second-order valence-corrected chi connectivity index (χ2v) is 13.5. The fourth-order valence-electron chi connectivity index (χ4n) is 1.18. The number of hydrogen-bond donors (Lipinski definition) is 6. The monoisotopic (exact) mass is 312 g/mol. The summed E-state index contributed by atoms with van der Waals surface area (Å²) in [6, 6.07) is 0. The molecule has 0 heterocycles. The fraction of sp³-hybridized carbons (Fsp3) is 1.00. The van der Waals surface area contributed by atoms with Gasteiger partial charge in [-0.3, -0.25) is 13.7 Å². The Bertz CT molecular complexity index is 305. The first-order valence-electron chi connectivity index (χ1n) is 3.92. The van der Waals surface area contributed by atoms with Gasteiger partial charge in [-0.15, -0.1) is 0 Å². The molecule has 13 heteroatoms. The summed E-state index contributed by atoms with van der Waals surface area (Å²) in [7, 11) is -13.6. The summed E-state index contributed by atoms with van der Waals surface area (Å²) in [5, 5.41) is -2.49. The molecule has 0 saturated heterocycles. The van der Waals surface area contributed by atoms with Crippen LogP contribution in [0.15, 0.2) is 0 Å². The molecular formula is C3H12AlO9P3. The maximum Gasteiger partial charge on any atom is 0.313 e. The second kappa shape index (κ2) is 5.75. The molecule has 0 saturated carbocycles. The molecule has 0 aliphatic carbocycles. The highest BCUT2D eigenvalue weighted by Crippen LogP contribution is 2.44. The van der Waals surface area contributed by atoms with Gasteiger partial charge in [-0.05, 0) is 0 Å². The Labute approximate surface area is 95.4 Å². The highest BCUT2D eigenvalue weighted by molar-refractivity contribution is 7.60. The summed E-state index contributed by atoms with van der Waals surface area (Å²) < 4.78 is 31.9. The van der Waals surface area contributed by atoms with Crippen LogP contribution in [0.25, 0.3) is 0 Å². The van der Waals surface area contributed by atoms with Crippen molar-refractivity contribution in [3.63, 3.8) is 0 Å². The average molecular weight is 312 g/mol. The van der Waals surface area contributed by atoms with Gasteiger partial charge >= 0.3 is 36.9 Å². The van der Waals surface area contributed by atoms with Crippen molar-refractivity contribution < 1.29 is 43.1 Å². The molecule has 0 aromatic rings. The molecule has 96 valence electrons. The van der Waals surface area contributed by atoms with Crippen molar-refractivity contribution in [2.24, 2.45) is 0 Å². The smallest absolute Gasteiger partial charge is 0.313 e. The topological polar surface area (TPSA) is 173 Å². The molecule has 0 radical (unpaired) electrons. The summed E-state index contributed by atoms with van der Waals surface area (Å²) in [5.41, 5.74) is 0. The van der Waals surface area contributed by atoms with Gasteiger partial charge in [0.1, 0.15) is 0 Å². The second-order valence-electron chi connectivity index (χ2n) is 3.41. The Morgan fingerprint density at radius 3 is 0.938 bits per heavy atom. The molecule has 0 aliphatic rings. The molecule has 0 spiro atoms. The summed E-state index contributed by atoms with van der Waals surface area (Å²) in [6.07, 6.45) is 0. The van der Waals surface area contributed by atoms with Crippen LogP contribution in [0.5, 0.6) is 0 Å². The third kappa shape index (κ3) is 11.5. The van der Waals surface area contributed by atoms with E-state index in [9.17, 15) is 13.7 Å². The standard InChI is InChI=1S/3CH4O3P.Al/c3*1-5(2,3)4;/h3*1H2,(H2,2,3,4);. The SMILES string of the molecule is O=P(O)(O)[CH2][Al]([CH2]P(=O)(O)O)[CH2]P(=O)(O)O. The Morgan fingerprint density at radius 1 is 0.625 bits per heavy atom. The first-order valence-corrected chi connectivity index (χ1v) is 11.8. The predicted octanol–water partition coefficient (Wildman–Crippen LogP) is -1.37. The lowest BCUT2D eigenvalue weighted by Crippen LogP contribution is -2.29. The van der Waals surface area contributed by atoms with Gasteiger partial charge < -0.3 is 29.4 Å². The van der Waals surface area contributed by atoms with E-state index in [0.717, 1.165) is 0 Å². The van der Waals surface area contributed by atoms with Gasteiger partial charge in [-0.25, -0.2) is 0 Å². The first-order chi connectivity index (χ1) is 6.79. The molecule has 0 aromatic carbocycles. The fourth-order valence-corrected chi connectivity index (χ4v) is 13.8. The molecule has 16 heavy (non-hydrogen) atoms. The predicted molar refractivity (Wildman–Crippen MR) is 56.5 cm³/mol. The van der Waals surface area contributed by atoms with Crippen molar-refractivity contribution in [1.29, 1.82) is 0 Å². The van der Waals surface area contributed by atoms with Crippen LogP contribution >= 0.6 is 22.8 Å². The van der Waals surface area contributed by atoms with Crippen LogP contribution in [0.4, 0.5) is 0 Å². The molecule has 0 rings (SSSR count). The third-order valence-electron chi connectivity index (χ3n) is 1.49. The van der Waals surface area contributed by atoms with Crippen LogP contribution in [0.1, 0.15) is 0 Å². The van der Waals surface area contributed by atoms with Gasteiger partial charge in [-0.2, -0.15) is 0 Å². The molecule has 0 unspecified atom stereocenters. The lowest BCUT2D eigenvalue weighted by atomic mass is 11.8. The van der Waals surface area contributed by atoms with Crippen LogP contribution < -0.4 is 0 Å². The maximum atomic E-state index is 10.6. The minimum atomic E-state index is -4.52. The molecule has 0 aromatic heterocycles. The number of rotatable bonds is 6. The number of hydrogen-bond acceptors (Lipinski definition) is 3. The van der Waals surface area contributed by atoms with Crippen molar-refractivity contribution >= 4 is 36.9 Å². The summed E-state index contributed by atoms with van der Waals surface area (Å²) in [4.78, 5) is 51.7. The minimum Gasteiger partial charge on any atom is -0.325 e. The largest absolute Gasteiger partial charge is 0.325 e. The van der Waals surface area contributed by atoms with E-state index in [1.54, 1.807) is 0 Å². The minimum absolute atomic E-state index is 0.830. The van der Waals surface area contributed by atoms with E-state index in [0.29, 0.717) is 0 Å². The van der Waals surface area contributed by atoms with Crippen molar-refractivity contribution in [3.05, 3.63) is 0 Å². The summed E-state index contributed by atoms with van der Waals surface area (Å²) in [6.45, 7) is 0. The molecule has 6 N–H and O–H groups in total. The summed E-state index contributed by atoms with van der Waals surface area (Å²) in [5.74, 6) is 0. The summed E-state index contributed by atoms with van der Waals surface area (Å²) >= 11 is -2.90. The molecule has 0 bridgehead atoms. The van der Waals surface area contributed by atoms with Gasteiger partial charge in [-0.1, -0.05) is 0 Å². The third-order valence-corrected chi connectivity index (χ3v) is 13.4. The van der Waals surface area contributed by atoms with Gasteiger partial charge in [0.15, 0.2) is 0 Å². The maximum absolute atomic E-state index is 10.6. The van der Waals surface area contributed by atoms with Crippen molar-refractivity contribution in [2.75, 3.05) is 15.1 Å². The molecule has 9 nitrogen and oxygen atoms in total. The Balaban J connectivity index is 4.72. The first kappa shape index (κ1) is 17.0. The van der Waals surface area contributed by atoms with Gasteiger partial charge in [0, 0.05) is 15.1 Å². The Kier molecular flexibility index (Phi) is 6.10. The van der Waals surface area contributed by atoms with E-state index in [1.165, 1.54) is 0 Å². The highest BCUT2D eigenvalue weighted by Gasteiger charge is 2.37. The van der Waals surface area contributed by atoms with Crippen LogP contribution in [-0.4, -0.2) is 58.6 Å². The molecular weight excluding hydrogens is 300 g/mol. The molecule has 0 atom stereocenters. The van der Waals surface area contributed by atoms with Crippen LogP contribution in [0.3, 0.4) is 0 Å². The van der Waals surface area contributed by atoms with Gasteiger partial charge in [0.05, 0.1) is 0 Å². The molecule has 0 fully saturated rings. The van der Waals surface area contributed by atoms with Gasteiger partial charge in [0.25, 0.3) is 0 Å². The zero-order chi connectivity index (χ0) is 13.2. The van der Waals surface area contributed by atoms with Crippen LogP contribution in [0.2, 0.25) is 0 Å². The van der Waals surface area contributed by atoms with E-state index < -0.39 is 52.0 Å². The molecule has 0 amide bonds. The van der Waals surface area contributed by atoms with E-state index in [-0.39, 0.29) is 0 Å². The van der Waals surface area contributed by atoms with Crippen molar-refractivity contribution in [1.82, 2.24) is 0 Å². The lowest BCUT2D eigenvalue weighted by molar-refractivity contribution is 0.378. The Morgan fingerprint density at radius 2 is 0.812 bits per heavy atom. The van der Waals surface area contributed by atoms with Crippen molar-refractivity contribution in [2.45, 2.75) is 0 Å². The van der Waals surface area contributed by atoms with Crippen LogP contribution in [0, 0.1) is 0 Å². The van der Waals surface area contributed by atoms with E-state index in [4.69, 9.17) is 29.4 Å². The van der Waals surface area contributed by atoms with Crippen LogP contribution in [-0.2, 0) is 13.7 Å². The van der Waals surface area contributed by atoms with Crippen molar-refractivity contribution in [3.8, 4) is 0 Å². The zero-order valence-corrected chi connectivity index (χ0v) is 11.8. The molecule has 0 aliphatic heterocycles. The quantitative estimate of drug-likeness (QED) is 0.255. The Hall–Kier alpha value is 0.982. The zero-order valence-electron chi connectivity index (χ0n) is 7.95. The van der Waals surface area contributed by atoms with Gasteiger partial charge in [0.2, 0.25) is 0 Å². The average Bonchev–Trinajstić information content (AvgIpc) is 1.70.